The highest BCUT2D eigenvalue weighted by Gasteiger charge is 2.12. The van der Waals surface area contributed by atoms with E-state index < -0.39 is 5.97 Å². The van der Waals surface area contributed by atoms with Crippen LogP contribution in [0.1, 0.15) is 29.8 Å². The number of carbonyl (C=O) groups is 1. The molecule has 0 saturated heterocycles. The highest BCUT2D eigenvalue weighted by molar-refractivity contribution is 6.00. The van der Waals surface area contributed by atoms with Crippen LogP contribution in [-0.2, 0) is 7.05 Å². The average molecular weight is 336 g/mol. The molecule has 128 valence electrons. The molecule has 0 unspecified atom stereocenters. The second kappa shape index (κ2) is 6.39. The van der Waals surface area contributed by atoms with Crippen LogP contribution in [0, 0.1) is 0 Å². The van der Waals surface area contributed by atoms with Gasteiger partial charge in [0.1, 0.15) is 11.7 Å². The molecule has 3 N–H and O–H groups in total. The van der Waals surface area contributed by atoms with Gasteiger partial charge in [-0.05, 0) is 44.2 Å². The highest BCUT2D eigenvalue weighted by atomic mass is 16.4. The van der Waals surface area contributed by atoms with Gasteiger partial charge >= 0.3 is 5.97 Å². The zero-order valence-corrected chi connectivity index (χ0v) is 14.4. The molecule has 0 aliphatic carbocycles. The van der Waals surface area contributed by atoms with Gasteiger partial charge in [0.25, 0.3) is 0 Å². The van der Waals surface area contributed by atoms with Crippen molar-refractivity contribution in [3.05, 3.63) is 53.6 Å². The average Bonchev–Trinajstić information content (AvgIpc) is 2.90. The molecule has 6 nitrogen and oxygen atoms in total. The predicted octanol–water partition coefficient (Wildman–Crippen LogP) is 3.05. The maximum absolute atomic E-state index is 11.0. The number of rotatable bonds is 4. The van der Waals surface area contributed by atoms with Crippen LogP contribution in [-0.4, -0.2) is 32.5 Å². The van der Waals surface area contributed by atoms with Crippen molar-refractivity contribution in [3.8, 4) is 11.4 Å². The van der Waals surface area contributed by atoms with Gasteiger partial charge in [-0.1, -0.05) is 12.1 Å². The summed E-state index contributed by atoms with van der Waals surface area (Å²) in [5, 5.41) is 9.02. The molecule has 0 atom stereocenters. The molecule has 0 bridgehead atoms. The third-order valence-corrected chi connectivity index (χ3v) is 3.96. The van der Waals surface area contributed by atoms with E-state index in [0.29, 0.717) is 5.84 Å². The fourth-order valence-electron chi connectivity index (χ4n) is 2.73. The van der Waals surface area contributed by atoms with Gasteiger partial charge < -0.3 is 15.4 Å². The van der Waals surface area contributed by atoms with Gasteiger partial charge in [0.15, 0.2) is 0 Å². The van der Waals surface area contributed by atoms with E-state index in [1.165, 1.54) is 0 Å². The highest BCUT2D eigenvalue weighted by Crippen LogP contribution is 2.25. The molecule has 1 heterocycles. The number of benzene rings is 2. The molecule has 1 aromatic heterocycles. The maximum Gasteiger partial charge on any atom is 0.335 e. The van der Waals surface area contributed by atoms with Crippen molar-refractivity contribution in [2.45, 2.75) is 19.9 Å². The zero-order chi connectivity index (χ0) is 18.1. The monoisotopic (exact) mass is 336 g/mol. The normalized spacial score (nSPS) is 12.1. The van der Waals surface area contributed by atoms with E-state index in [-0.39, 0.29) is 11.6 Å². The second-order valence-electron chi connectivity index (χ2n) is 6.19. The van der Waals surface area contributed by atoms with E-state index in [1.54, 1.807) is 24.3 Å². The summed E-state index contributed by atoms with van der Waals surface area (Å²) in [6.45, 7) is 3.95. The Morgan fingerprint density at radius 1 is 1.16 bits per heavy atom. The number of hydrogen-bond donors (Lipinski definition) is 2. The van der Waals surface area contributed by atoms with Gasteiger partial charge in [0, 0.05) is 24.2 Å². The first kappa shape index (κ1) is 16.7. The molecule has 0 aliphatic rings. The van der Waals surface area contributed by atoms with Crippen molar-refractivity contribution in [2.75, 3.05) is 0 Å². The first-order valence-corrected chi connectivity index (χ1v) is 8.00. The lowest BCUT2D eigenvalue weighted by Gasteiger charge is -2.04. The lowest BCUT2D eigenvalue weighted by Crippen LogP contribution is -2.15. The Kier molecular flexibility index (Phi) is 4.27. The second-order valence-corrected chi connectivity index (χ2v) is 6.19. The van der Waals surface area contributed by atoms with Gasteiger partial charge in [0.2, 0.25) is 0 Å². The van der Waals surface area contributed by atoms with Gasteiger partial charge in [-0.15, -0.1) is 0 Å². The molecule has 25 heavy (non-hydrogen) atoms. The SMILES string of the molecule is CC(C)N=C(N)c1ccc2c(c1)nc(-c1ccc(C(=O)O)cc1)n2C. The molecule has 0 spiro atoms. The number of nitrogens with zero attached hydrogens (tertiary/aromatic N) is 3. The minimum absolute atomic E-state index is 0.128. The molecule has 0 radical (unpaired) electrons. The minimum Gasteiger partial charge on any atom is -0.478 e. The summed E-state index contributed by atoms with van der Waals surface area (Å²) in [5.74, 6) is 0.319. The number of aromatic nitrogens is 2. The smallest absolute Gasteiger partial charge is 0.335 e. The fourth-order valence-corrected chi connectivity index (χ4v) is 2.73. The third-order valence-electron chi connectivity index (χ3n) is 3.96. The number of nitrogens with two attached hydrogens (primary N) is 1. The molecule has 0 saturated carbocycles. The number of aliphatic imine (C=N–C) groups is 1. The molecule has 6 heteroatoms. The number of aromatic carboxylic acids is 1. The van der Waals surface area contributed by atoms with Gasteiger partial charge in [-0.2, -0.15) is 0 Å². The quantitative estimate of drug-likeness (QED) is 0.565. The minimum atomic E-state index is -0.943. The predicted molar refractivity (Wildman–Crippen MR) is 99.0 cm³/mol. The standard InChI is InChI=1S/C19H20N4O2/c1-11(2)21-17(20)14-8-9-16-15(10-14)22-18(23(16)3)12-4-6-13(7-5-12)19(24)25/h4-11H,1-3H3,(H2,20,21)(H,24,25). The van der Waals surface area contributed by atoms with Crippen LogP contribution < -0.4 is 5.73 Å². The van der Waals surface area contributed by atoms with Gasteiger partial charge in [-0.25, -0.2) is 9.78 Å². The Hall–Kier alpha value is -3.15. The largest absolute Gasteiger partial charge is 0.478 e. The van der Waals surface area contributed by atoms with Gasteiger partial charge in [-0.3, -0.25) is 4.99 Å². The Labute approximate surface area is 145 Å². The van der Waals surface area contributed by atoms with Crippen LogP contribution in [0.5, 0.6) is 0 Å². The lowest BCUT2D eigenvalue weighted by molar-refractivity contribution is 0.0697. The molecule has 2 aromatic carbocycles. The van der Waals surface area contributed by atoms with Crippen molar-refractivity contribution in [1.82, 2.24) is 9.55 Å². The van der Waals surface area contributed by atoms with Crippen LogP contribution in [0.3, 0.4) is 0 Å². The summed E-state index contributed by atoms with van der Waals surface area (Å²) in [7, 11) is 1.93. The van der Waals surface area contributed by atoms with E-state index in [9.17, 15) is 4.79 Å². The number of fused-ring (bicyclic) bond motifs is 1. The van der Waals surface area contributed by atoms with Crippen molar-refractivity contribution in [1.29, 1.82) is 0 Å². The molecule has 0 aliphatic heterocycles. The summed E-state index contributed by atoms with van der Waals surface area (Å²) in [4.78, 5) is 20.0. The van der Waals surface area contributed by atoms with Crippen LogP contribution in [0.4, 0.5) is 0 Å². The summed E-state index contributed by atoms with van der Waals surface area (Å²) in [5.41, 5.74) is 9.78. The summed E-state index contributed by atoms with van der Waals surface area (Å²) in [6.07, 6.45) is 0. The van der Waals surface area contributed by atoms with Crippen molar-refractivity contribution in [2.24, 2.45) is 17.8 Å². The number of aryl methyl sites for hydroxylation is 1. The number of imidazole rings is 1. The zero-order valence-electron chi connectivity index (χ0n) is 14.4. The molecule has 3 rings (SSSR count). The van der Waals surface area contributed by atoms with E-state index in [0.717, 1.165) is 28.0 Å². The van der Waals surface area contributed by atoms with E-state index >= 15 is 0 Å². The fraction of sp³-hybridized carbons (Fsp3) is 0.211. The topological polar surface area (TPSA) is 93.5 Å². The van der Waals surface area contributed by atoms with Crippen LogP contribution in [0.15, 0.2) is 47.5 Å². The Morgan fingerprint density at radius 2 is 1.80 bits per heavy atom. The Bertz CT molecular complexity index is 969. The van der Waals surface area contributed by atoms with E-state index in [2.05, 4.69) is 9.98 Å². The van der Waals surface area contributed by atoms with Crippen LogP contribution >= 0.6 is 0 Å². The number of carboxylic acids is 1. The van der Waals surface area contributed by atoms with Crippen LogP contribution in [0.25, 0.3) is 22.4 Å². The summed E-state index contributed by atoms with van der Waals surface area (Å²) in [6, 6.07) is 12.6. The molecular weight excluding hydrogens is 316 g/mol. The maximum atomic E-state index is 11.0. The van der Waals surface area contributed by atoms with Gasteiger partial charge in [0.05, 0.1) is 16.6 Å². The molecule has 0 amide bonds. The number of hydrogen-bond acceptors (Lipinski definition) is 3. The van der Waals surface area contributed by atoms with Crippen LogP contribution in [0.2, 0.25) is 0 Å². The summed E-state index contributed by atoms with van der Waals surface area (Å²) >= 11 is 0. The first-order valence-electron chi connectivity index (χ1n) is 8.00. The van der Waals surface area contributed by atoms with Crippen molar-refractivity contribution in [3.63, 3.8) is 0 Å². The van der Waals surface area contributed by atoms with Crippen molar-refractivity contribution >= 4 is 22.8 Å². The Balaban J connectivity index is 2.06. The number of amidine groups is 1. The van der Waals surface area contributed by atoms with E-state index in [1.807, 2.05) is 43.7 Å². The molecule has 3 aromatic rings. The molecule has 0 fully saturated rings. The Morgan fingerprint density at radius 3 is 2.40 bits per heavy atom. The summed E-state index contributed by atoms with van der Waals surface area (Å²) < 4.78 is 1.98. The van der Waals surface area contributed by atoms with Crippen molar-refractivity contribution < 1.29 is 9.90 Å². The van der Waals surface area contributed by atoms with E-state index in [4.69, 9.17) is 10.8 Å². The number of carboxylic acid groups (broad SMARTS) is 1. The first-order chi connectivity index (χ1) is 11.9. The molecular formula is C19H20N4O2. The lowest BCUT2D eigenvalue weighted by atomic mass is 10.1. The third kappa shape index (κ3) is 3.24.